The van der Waals surface area contributed by atoms with Gasteiger partial charge in [0.15, 0.2) is 0 Å². The van der Waals surface area contributed by atoms with Crippen LogP contribution in [0.3, 0.4) is 0 Å². The molecule has 0 spiro atoms. The fourth-order valence-electron chi connectivity index (χ4n) is 1.61. The normalized spacial score (nSPS) is 11.3. The summed E-state index contributed by atoms with van der Waals surface area (Å²) in [5, 5.41) is 18.9. The summed E-state index contributed by atoms with van der Waals surface area (Å²) in [5.74, 6) is -0.826. The number of rotatable bonds is 12. The van der Waals surface area contributed by atoms with Gasteiger partial charge in [-0.3, -0.25) is 19.3 Å². The number of hydrogen-bond donors (Lipinski definition) is 4. The van der Waals surface area contributed by atoms with Gasteiger partial charge in [0.1, 0.15) is 13.2 Å². The molecule has 10 nitrogen and oxygen atoms in total. The summed E-state index contributed by atoms with van der Waals surface area (Å²) < 4.78 is 0. The summed E-state index contributed by atoms with van der Waals surface area (Å²) >= 11 is 0. The van der Waals surface area contributed by atoms with Crippen LogP contribution >= 0.6 is 0 Å². The Labute approximate surface area is 183 Å². The highest BCUT2D eigenvalue weighted by molar-refractivity contribution is 5.88. The van der Waals surface area contributed by atoms with Crippen molar-refractivity contribution in [1.29, 1.82) is 0 Å². The van der Waals surface area contributed by atoms with Gasteiger partial charge in [-0.2, -0.15) is 0 Å². The van der Waals surface area contributed by atoms with Crippen molar-refractivity contribution in [2.24, 2.45) is 10.6 Å². The van der Waals surface area contributed by atoms with Crippen LogP contribution in [0.1, 0.15) is 68.7 Å². The first kappa shape index (κ1) is 35.7. The van der Waals surface area contributed by atoms with Crippen molar-refractivity contribution in [3.05, 3.63) is 0 Å². The van der Waals surface area contributed by atoms with Gasteiger partial charge in [-0.05, 0) is 6.92 Å². The van der Waals surface area contributed by atoms with E-state index in [0.29, 0.717) is 5.71 Å². The van der Waals surface area contributed by atoms with Gasteiger partial charge in [-0.25, -0.2) is 0 Å². The number of aliphatic hydroxyl groups excluding tert-OH is 1. The topological polar surface area (TPSA) is 131 Å². The molecular weight excluding hydrogens is 392 g/mol. The Balaban J connectivity index is -0.000000512. The quantitative estimate of drug-likeness (QED) is 0.209. The highest BCUT2D eigenvalue weighted by Crippen LogP contribution is 2.20. The average Bonchev–Trinajstić information content (AvgIpc) is 2.76. The van der Waals surface area contributed by atoms with Gasteiger partial charge in [-0.15, -0.1) is 0 Å². The first-order valence-corrected chi connectivity index (χ1v) is 10.4. The van der Waals surface area contributed by atoms with Crippen molar-refractivity contribution in [3.63, 3.8) is 0 Å². The molecule has 0 saturated heterocycles. The number of amides is 2. The van der Waals surface area contributed by atoms with E-state index in [2.05, 4.69) is 31.1 Å². The van der Waals surface area contributed by atoms with Gasteiger partial charge in [0.25, 0.3) is 0 Å². The molecule has 0 aromatic carbocycles. The Morgan fingerprint density at radius 3 is 2.03 bits per heavy atom. The fourth-order valence-corrected chi connectivity index (χ4v) is 1.61. The molecule has 0 aromatic heterocycles. The number of oxime groups is 1. The predicted molar refractivity (Wildman–Crippen MR) is 121 cm³/mol. The summed E-state index contributed by atoms with van der Waals surface area (Å²) in [6, 6.07) is 0. The highest BCUT2D eigenvalue weighted by atomic mass is 16.9. The molecule has 0 rings (SSSR count). The predicted octanol–water partition coefficient (Wildman–Crippen LogP) is 2.18. The Bertz CT molecular complexity index is 432. The summed E-state index contributed by atoms with van der Waals surface area (Å²) in [5.41, 5.74) is 1.95. The van der Waals surface area contributed by atoms with E-state index in [9.17, 15) is 14.7 Å². The van der Waals surface area contributed by atoms with E-state index in [-0.39, 0.29) is 32.0 Å². The summed E-state index contributed by atoms with van der Waals surface area (Å²) in [4.78, 5) is 37.5. The van der Waals surface area contributed by atoms with Crippen LogP contribution < -0.4 is 16.3 Å². The van der Waals surface area contributed by atoms with E-state index in [1.54, 1.807) is 20.8 Å². The second-order valence-electron chi connectivity index (χ2n) is 5.79. The molecular formula is C20H46N4O6. The number of nitrogens with zero attached hydrogens (tertiary/aromatic N) is 1. The fraction of sp³-hybridized carbons (Fsp3) is 0.850. The second-order valence-corrected chi connectivity index (χ2v) is 5.79. The minimum Gasteiger partial charge on any atom is -0.399 e. The van der Waals surface area contributed by atoms with Gasteiger partial charge in [-0.1, -0.05) is 66.2 Å². The summed E-state index contributed by atoms with van der Waals surface area (Å²) in [7, 11) is 2.80. The van der Waals surface area contributed by atoms with Crippen molar-refractivity contribution in [1.82, 2.24) is 16.3 Å². The lowest BCUT2D eigenvalue weighted by atomic mass is 9.87. The van der Waals surface area contributed by atoms with Crippen LogP contribution in [0.2, 0.25) is 0 Å². The Morgan fingerprint density at radius 2 is 1.57 bits per heavy atom. The average molecular weight is 439 g/mol. The number of carbonyl (C=O) groups is 2. The first-order chi connectivity index (χ1) is 14.2. The minimum atomic E-state index is -1.30. The highest BCUT2D eigenvalue weighted by Gasteiger charge is 2.34. The monoisotopic (exact) mass is 438 g/mol. The molecule has 2 amide bonds. The molecule has 10 heteroatoms. The van der Waals surface area contributed by atoms with Crippen LogP contribution in [-0.4, -0.2) is 62.7 Å². The zero-order chi connectivity index (χ0) is 24.6. The summed E-state index contributed by atoms with van der Waals surface area (Å²) in [6.07, 6.45) is -1.21. The van der Waals surface area contributed by atoms with E-state index in [4.69, 9.17) is 4.84 Å². The van der Waals surface area contributed by atoms with E-state index < -0.39 is 17.4 Å². The van der Waals surface area contributed by atoms with E-state index in [1.165, 1.54) is 14.2 Å². The Morgan fingerprint density at radius 1 is 1.03 bits per heavy atom. The van der Waals surface area contributed by atoms with Crippen LogP contribution in [-0.2, 0) is 24.1 Å². The molecule has 0 saturated carbocycles. The second kappa shape index (κ2) is 25.3. The van der Waals surface area contributed by atoms with Crippen LogP contribution in [0, 0.1) is 5.41 Å². The van der Waals surface area contributed by atoms with Crippen molar-refractivity contribution in [3.8, 4) is 0 Å². The number of hydrogen-bond acceptors (Lipinski definition) is 8. The molecule has 0 aromatic rings. The van der Waals surface area contributed by atoms with Crippen molar-refractivity contribution >= 4 is 17.5 Å². The molecule has 30 heavy (non-hydrogen) atoms. The molecule has 0 fully saturated rings. The molecule has 182 valence electrons. The molecule has 0 radical (unpaired) electrons. The SMILES string of the molecule is CC.CC.CC.CO/N=C(\C)CNC(=O)CCNC(=O)C(O)C(C)(C)CONOC. The van der Waals surface area contributed by atoms with Gasteiger partial charge in [0.05, 0.1) is 26.0 Å². The maximum Gasteiger partial charge on any atom is 0.249 e. The van der Waals surface area contributed by atoms with Gasteiger partial charge in [0, 0.05) is 18.4 Å². The molecule has 1 unspecified atom stereocenters. The van der Waals surface area contributed by atoms with Crippen LogP contribution in [0.4, 0.5) is 0 Å². The lowest BCUT2D eigenvalue weighted by Gasteiger charge is -2.28. The Hall–Kier alpha value is -1.75. The molecule has 1 atom stereocenters. The molecule has 0 aliphatic carbocycles. The van der Waals surface area contributed by atoms with E-state index >= 15 is 0 Å². The van der Waals surface area contributed by atoms with E-state index in [0.717, 1.165) is 0 Å². The Kier molecular flexibility index (Phi) is 30.1. The molecule has 0 bridgehead atoms. The number of aliphatic hydroxyl groups is 1. The standard InChI is InChI=1S/C14H28N4O6.3C2H6/c1-10(17-22-4)8-16-11(19)6-7-15-13(21)12(20)14(2,3)9-24-18-23-5;3*1-2/h12,18,20H,6-9H2,1-5H3,(H,15,21)(H,16,19);3*1-2H3/b17-10+;;;. The third-order valence-corrected chi connectivity index (χ3v) is 3.01. The third-order valence-electron chi connectivity index (χ3n) is 3.01. The third kappa shape index (κ3) is 21.0. The van der Waals surface area contributed by atoms with Crippen LogP contribution in [0.25, 0.3) is 0 Å². The number of carbonyl (C=O) groups excluding carboxylic acids is 2. The minimum absolute atomic E-state index is 0.0496. The van der Waals surface area contributed by atoms with E-state index in [1.807, 2.05) is 41.5 Å². The van der Waals surface area contributed by atoms with Crippen LogP contribution in [0.5, 0.6) is 0 Å². The lowest BCUT2D eigenvalue weighted by Crippen LogP contribution is -2.47. The molecule has 0 heterocycles. The maximum absolute atomic E-state index is 11.9. The van der Waals surface area contributed by atoms with Gasteiger partial charge < -0.3 is 20.6 Å². The zero-order valence-electron chi connectivity index (χ0n) is 20.8. The smallest absolute Gasteiger partial charge is 0.249 e. The van der Waals surface area contributed by atoms with Crippen molar-refractivity contribution < 1.29 is 29.2 Å². The molecule has 4 N–H and O–H groups in total. The van der Waals surface area contributed by atoms with Crippen LogP contribution in [0.15, 0.2) is 5.16 Å². The van der Waals surface area contributed by atoms with Gasteiger partial charge in [0.2, 0.25) is 11.8 Å². The number of nitrogens with one attached hydrogen (secondary N) is 3. The zero-order valence-corrected chi connectivity index (χ0v) is 20.8. The lowest BCUT2D eigenvalue weighted by molar-refractivity contribution is -0.181. The summed E-state index contributed by atoms with van der Waals surface area (Å²) in [6.45, 7) is 17.5. The largest absolute Gasteiger partial charge is 0.399 e. The van der Waals surface area contributed by atoms with Crippen molar-refractivity contribution in [2.75, 3.05) is 33.9 Å². The van der Waals surface area contributed by atoms with Crippen molar-refractivity contribution in [2.45, 2.75) is 74.8 Å². The molecule has 0 aliphatic heterocycles. The molecule has 0 aliphatic rings. The maximum atomic E-state index is 11.9. The first-order valence-electron chi connectivity index (χ1n) is 10.4. The van der Waals surface area contributed by atoms with Gasteiger partial charge >= 0.3 is 0 Å².